The summed E-state index contributed by atoms with van der Waals surface area (Å²) < 4.78 is 5.18. The van der Waals surface area contributed by atoms with Crippen molar-refractivity contribution in [2.75, 3.05) is 12.4 Å². The Morgan fingerprint density at radius 1 is 1.48 bits per heavy atom. The molecule has 0 fully saturated rings. The number of carbonyl (C=O) groups excluding carboxylic acids is 1. The minimum atomic E-state index is -0.186. The Kier molecular flexibility index (Phi) is 5.74. The van der Waals surface area contributed by atoms with Crippen molar-refractivity contribution < 1.29 is 9.53 Å². The van der Waals surface area contributed by atoms with E-state index in [2.05, 4.69) is 26.1 Å². The van der Waals surface area contributed by atoms with Gasteiger partial charge in [-0.25, -0.2) is 0 Å². The molecule has 1 aromatic carbocycles. The van der Waals surface area contributed by atoms with Crippen molar-refractivity contribution in [3.05, 3.63) is 23.8 Å². The Labute approximate surface area is 126 Å². The van der Waals surface area contributed by atoms with Gasteiger partial charge < -0.3 is 15.8 Å². The molecule has 1 unspecified atom stereocenters. The second kappa shape index (κ2) is 7.09. The summed E-state index contributed by atoms with van der Waals surface area (Å²) in [5.74, 6) is 0.307. The minimum Gasteiger partial charge on any atom is -0.495 e. The van der Waals surface area contributed by atoms with Gasteiger partial charge in [0.05, 0.1) is 24.4 Å². The lowest BCUT2D eigenvalue weighted by atomic mass is 9.87. The third-order valence-corrected chi connectivity index (χ3v) is 2.93. The molecular formula is C16H23N3O2. The van der Waals surface area contributed by atoms with E-state index in [-0.39, 0.29) is 23.8 Å². The molecule has 5 heteroatoms. The van der Waals surface area contributed by atoms with Crippen molar-refractivity contribution in [1.29, 1.82) is 5.26 Å². The number of hydrogen-bond acceptors (Lipinski definition) is 4. The van der Waals surface area contributed by atoms with Gasteiger partial charge >= 0.3 is 0 Å². The van der Waals surface area contributed by atoms with E-state index in [4.69, 9.17) is 15.7 Å². The number of ether oxygens (including phenoxy) is 1. The number of nitriles is 1. The van der Waals surface area contributed by atoms with Gasteiger partial charge in [0.1, 0.15) is 5.75 Å². The summed E-state index contributed by atoms with van der Waals surface area (Å²) in [4.78, 5) is 12.0. The Balaban J connectivity index is 2.69. The number of hydrogen-bond donors (Lipinski definition) is 2. The van der Waals surface area contributed by atoms with Gasteiger partial charge in [0.2, 0.25) is 5.91 Å². The number of methoxy groups -OCH3 is 1. The van der Waals surface area contributed by atoms with E-state index in [0.717, 1.165) is 6.42 Å². The van der Waals surface area contributed by atoms with E-state index in [1.54, 1.807) is 18.2 Å². The topological polar surface area (TPSA) is 88.1 Å². The molecule has 0 saturated heterocycles. The van der Waals surface area contributed by atoms with Gasteiger partial charge in [-0.05, 0) is 24.0 Å². The van der Waals surface area contributed by atoms with Crippen LogP contribution in [0.3, 0.4) is 0 Å². The van der Waals surface area contributed by atoms with Crippen LogP contribution in [0.15, 0.2) is 18.2 Å². The van der Waals surface area contributed by atoms with Gasteiger partial charge in [-0.3, -0.25) is 4.79 Å². The molecule has 1 rings (SSSR count). The highest BCUT2D eigenvalue weighted by Crippen LogP contribution is 2.26. The largest absolute Gasteiger partial charge is 0.495 e. The van der Waals surface area contributed by atoms with E-state index in [1.807, 2.05) is 6.07 Å². The Hall–Kier alpha value is -2.06. The average Bonchev–Trinajstić information content (AvgIpc) is 2.36. The molecule has 21 heavy (non-hydrogen) atoms. The fourth-order valence-electron chi connectivity index (χ4n) is 2.16. The third kappa shape index (κ3) is 5.84. The van der Waals surface area contributed by atoms with Crippen molar-refractivity contribution in [1.82, 2.24) is 0 Å². The summed E-state index contributed by atoms with van der Waals surface area (Å²) in [7, 11) is 1.50. The van der Waals surface area contributed by atoms with Gasteiger partial charge in [-0.2, -0.15) is 5.26 Å². The number of rotatable bonds is 5. The summed E-state index contributed by atoms with van der Waals surface area (Å²) >= 11 is 0. The molecule has 0 aliphatic carbocycles. The predicted octanol–water partition coefficient (Wildman–Crippen LogP) is 2.66. The lowest BCUT2D eigenvalue weighted by Gasteiger charge is -2.22. The van der Waals surface area contributed by atoms with Crippen molar-refractivity contribution in [2.45, 2.75) is 39.7 Å². The molecule has 0 radical (unpaired) electrons. The number of amides is 1. The normalized spacial score (nSPS) is 12.4. The van der Waals surface area contributed by atoms with Gasteiger partial charge in [-0.15, -0.1) is 0 Å². The fourth-order valence-corrected chi connectivity index (χ4v) is 2.16. The molecule has 0 bridgehead atoms. The van der Waals surface area contributed by atoms with Crippen molar-refractivity contribution in [3.63, 3.8) is 0 Å². The highest BCUT2D eigenvalue weighted by atomic mass is 16.5. The lowest BCUT2D eigenvalue weighted by molar-refractivity contribution is -0.116. The number of nitrogens with two attached hydrogens (primary N) is 1. The summed E-state index contributed by atoms with van der Waals surface area (Å²) in [6.07, 6.45) is 1.02. The molecule has 0 saturated carbocycles. The maximum Gasteiger partial charge on any atom is 0.226 e. The maximum absolute atomic E-state index is 12.0. The highest BCUT2D eigenvalue weighted by molar-refractivity contribution is 5.92. The predicted molar refractivity (Wildman–Crippen MR) is 83.0 cm³/mol. The highest BCUT2D eigenvalue weighted by Gasteiger charge is 2.18. The van der Waals surface area contributed by atoms with Gasteiger partial charge in [-0.1, -0.05) is 20.8 Å². The van der Waals surface area contributed by atoms with E-state index >= 15 is 0 Å². The number of carbonyl (C=O) groups is 1. The first-order valence-corrected chi connectivity index (χ1v) is 6.89. The van der Waals surface area contributed by atoms with E-state index in [1.165, 1.54) is 7.11 Å². The maximum atomic E-state index is 12.0. The second-order valence-corrected chi connectivity index (χ2v) is 6.30. The Morgan fingerprint density at radius 3 is 2.67 bits per heavy atom. The zero-order valence-corrected chi connectivity index (χ0v) is 13.1. The monoisotopic (exact) mass is 289 g/mol. The summed E-state index contributed by atoms with van der Waals surface area (Å²) in [5, 5.41) is 11.6. The zero-order chi connectivity index (χ0) is 16.0. The first-order chi connectivity index (χ1) is 9.75. The average molecular weight is 289 g/mol. The van der Waals surface area contributed by atoms with Crippen molar-refractivity contribution >= 4 is 11.6 Å². The van der Waals surface area contributed by atoms with Crippen molar-refractivity contribution in [2.24, 2.45) is 11.1 Å². The summed E-state index contributed by atoms with van der Waals surface area (Å²) in [6, 6.07) is 6.72. The van der Waals surface area contributed by atoms with Crippen LogP contribution in [0.5, 0.6) is 5.75 Å². The van der Waals surface area contributed by atoms with Gasteiger partial charge in [0.25, 0.3) is 0 Å². The van der Waals surface area contributed by atoms with E-state index in [9.17, 15) is 4.79 Å². The quantitative estimate of drug-likeness (QED) is 0.872. The first-order valence-electron chi connectivity index (χ1n) is 6.89. The molecule has 5 nitrogen and oxygen atoms in total. The van der Waals surface area contributed by atoms with Crippen LogP contribution in [0.1, 0.15) is 39.2 Å². The molecule has 0 aromatic heterocycles. The molecule has 0 spiro atoms. The van der Waals surface area contributed by atoms with Crippen LogP contribution in [-0.4, -0.2) is 19.1 Å². The first kappa shape index (κ1) is 17.0. The SMILES string of the molecule is COc1cc(C#N)ccc1NC(=O)CC(N)CC(C)(C)C. The summed E-state index contributed by atoms with van der Waals surface area (Å²) in [6.45, 7) is 6.28. The van der Waals surface area contributed by atoms with Crippen LogP contribution in [0.25, 0.3) is 0 Å². The number of nitrogens with one attached hydrogen (secondary N) is 1. The molecule has 1 aromatic rings. The van der Waals surface area contributed by atoms with Gasteiger partial charge in [0, 0.05) is 18.5 Å². The zero-order valence-electron chi connectivity index (χ0n) is 13.1. The van der Waals surface area contributed by atoms with E-state index in [0.29, 0.717) is 17.0 Å². The lowest BCUT2D eigenvalue weighted by Crippen LogP contribution is -2.31. The molecule has 114 valence electrons. The third-order valence-electron chi connectivity index (χ3n) is 2.93. The van der Waals surface area contributed by atoms with Crippen LogP contribution in [0.4, 0.5) is 5.69 Å². The van der Waals surface area contributed by atoms with Crippen LogP contribution in [0, 0.1) is 16.7 Å². The molecule has 1 amide bonds. The number of anilines is 1. The van der Waals surface area contributed by atoms with Crippen LogP contribution < -0.4 is 15.8 Å². The molecule has 3 N–H and O–H groups in total. The van der Waals surface area contributed by atoms with Gasteiger partial charge in [0.15, 0.2) is 0 Å². The van der Waals surface area contributed by atoms with Crippen LogP contribution >= 0.6 is 0 Å². The van der Waals surface area contributed by atoms with Crippen molar-refractivity contribution in [3.8, 4) is 11.8 Å². The summed E-state index contributed by atoms with van der Waals surface area (Å²) in [5.41, 5.74) is 7.11. The van der Waals surface area contributed by atoms with E-state index < -0.39 is 0 Å². The van der Waals surface area contributed by atoms with Crippen LogP contribution in [0.2, 0.25) is 0 Å². The second-order valence-electron chi connectivity index (χ2n) is 6.30. The molecule has 0 aliphatic rings. The number of benzene rings is 1. The molecule has 0 heterocycles. The van der Waals surface area contributed by atoms with Crippen LogP contribution in [-0.2, 0) is 4.79 Å². The standard InChI is InChI=1S/C16H23N3O2/c1-16(2,3)9-12(18)8-15(20)19-13-6-5-11(10-17)7-14(13)21-4/h5-7,12H,8-9,18H2,1-4H3,(H,19,20). The molecular weight excluding hydrogens is 266 g/mol. The minimum absolute atomic E-state index is 0.0891. The fraction of sp³-hybridized carbons (Fsp3) is 0.500. The molecule has 0 aliphatic heterocycles. The Morgan fingerprint density at radius 2 is 2.14 bits per heavy atom. The smallest absolute Gasteiger partial charge is 0.226 e. The Bertz CT molecular complexity index is 541. The molecule has 1 atom stereocenters. The number of nitrogens with zero attached hydrogens (tertiary/aromatic N) is 1.